The maximum absolute atomic E-state index is 14.9. The molecule has 0 radical (unpaired) electrons. The Morgan fingerprint density at radius 2 is 1.70 bits per heavy atom. The number of hydrogen-bond acceptors (Lipinski definition) is 3. The van der Waals surface area contributed by atoms with E-state index in [0.29, 0.717) is 0 Å². The zero-order chi connectivity index (χ0) is 17.1. The quantitative estimate of drug-likeness (QED) is 0.255. The highest BCUT2D eigenvalue weighted by Crippen LogP contribution is 2.36. The highest BCUT2D eigenvalue weighted by molar-refractivity contribution is 6.02. The zero-order valence-electron chi connectivity index (χ0n) is 11.3. The molecule has 1 fully saturated rings. The minimum absolute atomic E-state index is 0.407. The number of rotatable bonds is 1. The Morgan fingerprint density at radius 1 is 1.09 bits per heavy atom. The van der Waals surface area contributed by atoms with Crippen molar-refractivity contribution in [2.75, 3.05) is 0 Å². The number of benzene rings is 1. The molecule has 2 heterocycles. The van der Waals surface area contributed by atoms with Crippen LogP contribution in [0.4, 0.5) is 27.6 Å². The molecule has 0 aromatic heterocycles. The van der Waals surface area contributed by atoms with Gasteiger partial charge in [-0.2, -0.15) is 4.39 Å². The molecule has 124 valence electrons. The zero-order valence-corrected chi connectivity index (χ0v) is 11.3. The first-order valence-electron chi connectivity index (χ1n) is 6.60. The number of carbonyl (C=O) groups excluding carboxylic acids is 2. The van der Waals surface area contributed by atoms with Crippen molar-refractivity contribution in [1.82, 2.24) is 5.32 Å². The van der Waals surface area contributed by atoms with Gasteiger partial charge in [-0.25, -0.2) is 17.6 Å². The van der Waals surface area contributed by atoms with Gasteiger partial charge in [-0.1, -0.05) is 0 Å². The minimum Gasteiger partial charge on any atom is -0.628 e. The second-order valence-corrected chi connectivity index (χ2v) is 5.47. The number of piperidine rings is 1. The Balaban J connectivity index is 2.06. The van der Waals surface area contributed by atoms with Crippen molar-refractivity contribution in [3.05, 3.63) is 34.0 Å². The Hall–Kier alpha value is -2.07. The molecule has 2 aliphatic rings. The molecule has 0 saturated carbocycles. The van der Waals surface area contributed by atoms with Crippen LogP contribution in [0.25, 0.3) is 0 Å². The Bertz CT molecular complexity index is 741. The van der Waals surface area contributed by atoms with Crippen LogP contribution in [0.3, 0.4) is 0 Å². The normalized spacial score (nSPS) is 30.3. The van der Waals surface area contributed by atoms with Crippen molar-refractivity contribution in [2.24, 2.45) is 0 Å². The topological polar surface area (TPSA) is 73.7 Å². The van der Waals surface area contributed by atoms with Gasteiger partial charge < -0.3 is 10.3 Å². The fourth-order valence-corrected chi connectivity index (χ4v) is 3.00. The second-order valence-electron chi connectivity index (χ2n) is 5.47. The highest BCUT2D eigenvalue weighted by atomic mass is 19.2. The third kappa shape index (κ3) is 2.05. The Morgan fingerprint density at radius 3 is 2.30 bits per heavy atom. The predicted octanol–water partition coefficient (Wildman–Crippen LogP) is 0.327. The number of nitrogens with one attached hydrogen (secondary N) is 2. The lowest BCUT2D eigenvalue weighted by Gasteiger charge is -2.36. The van der Waals surface area contributed by atoms with Gasteiger partial charge in [0.2, 0.25) is 23.2 Å². The number of halogens is 5. The SMILES string of the molecule is O=C1CCC(F)(C2Cc3c(F)c(F)c(F)c(F)c3[NH+]2[O-])C(=O)N1. The summed E-state index contributed by atoms with van der Waals surface area (Å²) in [5.41, 5.74) is -4.78. The molecule has 3 atom stereocenters. The molecule has 2 amide bonds. The largest absolute Gasteiger partial charge is 0.628 e. The molecular formula is C13H9F5N2O3. The third-order valence-corrected chi connectivity index (χ3v) is 4.23. The molecule has 5 nitrogen and oxygen atoms in total. The van der Waals surface area contributed by atoms with Gasteiger partial charge in [-0.05, 0) is 0 Å². The molecule has 1 aromatic carbocycles. The number of hydroxylamine groups is 1. The van der Waals surface area contributed by atoms with Crippen molar-refractivity contribution in [2.45, 2.75) is 31.0 Å². The minimum atomic E-state index is -2.88. The van der Waals surface area contributed by atoms with E-state index >= 15 is 0 Å². The number of fused-ring (bicyclic) bond motifs is 1. The van der Waals surface area contributed by atoms with Gasteiger partial charge in [0, 0.05) is 19.3 Å². The van der Waals surface area contributed by atoms with E-state index in [-0.39, 0.29) is 0 Å². The summed E-state index contributed by atoms with van der Waals surface area (Å²) in [4.78, 5) is 22.8. The van der Waals surface area contributed by atoms with E-state index in [1.807, 2.05) is 0 Å². The van der Waals surface area contributed by atoms with E-state index in [2.05, 4.69) is 0 Å². The van der Waals surface area contributed by atoms with Gasteiger partial charge in [-0.15, -0.1) is 0 Å². The van der Waals surface area contributed by atoms with E-state index in [0.717, 1.165) is 0 Å². The molecule has 2 aliphatic heterocycles. The molecule has 2 N–H and O–H groups in total. The number of quaternary nitrogens is 1. The highest BCUT2D eigenvalue weighted by Gasteiger charge is 2.57. The van der Waals surface area contributed by atoms with Crippen molar-refractivity contribution in [1.29, 1.82) is 0 Å². The maximum atomic E-state index is 14.9. The van der Waals surface area contributed by atoms with Gasteiger partial charge >= 0.3 is 0 Å². The summed E-state index contributed by atoms with van der Waals surface area (Å²) in [5.74, 6) is -10.1. The van der Waals surface area contributed by atoms with Gasteiger partial charge in [0.15, 0.2) is 17.3 Å². The van der Waals surface area contributed by atoms with Crippen LogP contribution in [0.1, 0.15) is 18.4 Å². The smallest absolute Gasteiger partial charge is 0.270 e. The summed E-state index contributed by atoms with van der Waals surface area (Å²) < 4.78 is 68.9. The fraction of sp³-hybridized carbons (Fsp3) is 0.385. The van der Waals surface area contributed by atoms with Gasteiger partial charge in [0.25, 0.3) is 5.91 Å². The first-order valence-corrected chi connectivity index (χ1v) is 6.60. The third-order valence-electron chi connectivity index (χ3n) is 4.23. The summed E-state index contributed by atoms with van der Waals surface area (Å²) in [5, 5.41) is 12.5. The van der Waals surface area contributed by atoms with Crippen LogP contribution < -0.4 is 10.4 Å². The average molecular weight is 336 g/mol. The van der Waals surface area contributed by atoms with E-state index in [9.17, 15) is 36.7 Å². The van der Waals surface area contributed by atoms with E-state index in [1.54, 1.807) is 5.32 Å². The molecule has 1 saturated heterocycles. The summed E-state index contributed by atoms with van der Waals surface area (Å²) in [6, 6.07) is -1.85. The molecule has 1 aromatic rings. The van der Waals surface area contributed by atoms with Crippen LogP contribution in [-0.2, 0) is 16.0 Å². The van der Waals surface area contributed by atoms with Crippen molar-refractivity contribution < 1.29 is 36.6 Å². The summed E-state index contributed by atoms with van der Waals surface area (Å²) >= 11 is 0. The summed E-state index contributed by atoms with van der Waals surface area (Å²) in [7, 11) is 0. The fourth-order valence-electron chi connectivity index (χ4n) is 3.00. The monoisotopic (exact) mass is 336 g/mol. The van der Waals surface area contributed by atoms with Crippen LogP contribution in [-0.4, -0.2) is 23.5 Å². The van der Waals surface area contributed by atoms with Crippen molar-refractivity contribution in [3.8, 4) is 0 Å². The second kappa shape index (κ2) is 4.96. The van der Waals surface area contributed by atoms with Gasteiger partial charge in [0.05, 0.1) is 5.56 Å². The molecular weight excluding hydrogens is 327 g/mol. The van der Waals surface area contributed by atoms with Crippen LogP contribution in [0, 0.1) is 28.5 Å². The first kappa shape index (κ1) is 15.8. The molecule has 0 bridgehead atoms. The van der Waals surface area contributed by atoms with Crippen LogP contribution >= 0.6 is 0 Å². The molecule has 3 unspecified atom stereocenters. The Kier molecular flexibility index (Phi) is 3.41. The van der Waals surface area contributed by atoms with E-state index in [1.165, 1.54) is 0 Å². The Labute approximate surface area is 125 Å². The number of hydrogen-bond donors (Lipinski definition) is 2. The molecule has 3 rings (SSSR count). The average Bonchev–Trinajstić information content (AvgIpc) is 2.85. The predicted molar refractivity (Wildman–Crippen MR) is 64.0 cm³/mol. The van der Waals surface area contributed by atoms with Gasteiger partial charge in [-0.3, -0.25) is 14.9 Å². The molecule has 10 heteroatoms. The van der Waals surface area contributed by atoms with Crippen LogP contribution in [0.15, 0.2) is 0 Å². The van der Waals surface area contributed by atoms with E-state index in [4.69, 9.17) is 0 Å². The van der Waals surface area contributed by atoms with Crippen molar-refractivity contribution in [3.63, 3.8) is 0 Å². The lowest BCUT2D eigenvalue weighted by Crippen LogP contribution is -3.08. The lowest BCUT2D eigenvalue weighted by atomic mass is 9.85. The van der Waals surface area contributed by atoms with Crippen LogP contribution in [0.5, 0.6) is 0 Å². The van der Waals surface area contributed by atoms with E-state index < -0.39 is 82.4 Å². The molecule has 0 aliphatic carbocycles. The number of imide groups is 1. The summed E-state index contributed by atoms with van der Waals surface area (Å²) in [6.07, 6.45) is -1.86. The maximum Gasteiger partial charge on any atom is 0.270 e. The van der Waals surface area contributed by atoms with Gasteiger partial charge in [0.1, 0.15) is 6.04 Å². The number of carbonyl (C=O) groups is 2. The standard InChI is InChI=1S/C13H9F5N2O3/c14-7-4-3-5(13(18)2-1-6(21)19-12(13)22)20(23)11(4)10(17)9(16)8(7)15/h5,20H,1-3H2,(H,19,21,22). The number of amides is 2. The van der Waals surface area contributed by atoms with Crippen LogP contribution in [0.2, 0.25) is 0 Å². The molecule has 0 spiro atoms. The summed E-state index contributed by atoms with van der Waals surface area (Å²) in [6.45, 7) is 0. The molecule has 23 heavy (non-hydrogen) atoms. The lowest BCUT2D eigenvalue weighted by molar-refractivity contribution is -0.807. The van der Waals surface area contributed by atoms with Crippen molar-refractivity contribution >= 4 is 17.5 Å². The number of alkyl halides is 1. The first-order chi connectivity index (χ1) is 10.7.